The third kappa shape index (κ3) is 2.21. The molecule has 25 heavy (non-hydrogen) atoms. The van der Waals surface area contributed by atoms with Crippen molar-refractivity contribution in [2.75, 3.05) is 18.0 Å². The lowest BCUT2D eigenvalue weighted by molar-refractivity contribution is 0.430. The summed E-state index contributed by atoms with van der Waals surface area (Å²) in [6, 6.07) is 2.83. The number of hydrogen-bond acceptors (Lipinski definition) is 5. The van der Waals surface area contributed by atoms with Crippen molar-refractivity contribution in [2.45, 2.75) is 26.4 Å². The highest BCUT2D eigenvalue weighted by atomic mass is 19.1. The van der Waals surface area contributed by atoms with Gasteiger partial charge in [0.1, 0.15) is 5.82 Å². The zero-order valence-electron chi connectivity index (χ0n) is 14.0. The van der Waals surface area contributed by atoms with Crippen LogP contribution in [0.2, 0.25) is 0 Å². The summed E-state index contributed by atoms with van der Waals surface area (Å²) in [5.74, 6) is -0.235. The van der Waals surface area contributed by atoms with Crippen molar-refractivity contribution in [3.8, 4) is 0 Å². The second kappa shape index (κ2) is 5.45. The zero-order valence-corrected chi connectivity index (χ0v) is 14.0. The first kappa shape index (κ1) is 15.9. The molecule has 3 aromatic rings. The number of H-pyrrole nitrogens is 1. The van der Waals surface area contributed by atoms with Crippen LogP contribution in [0.5, 0.6) is 0 Å². The van der Waals surface area contributed by atoms with Crippen molar-refractivity contribution in [1.29, 1.82) is 0 Å². The molecule has 1 aromatic carbocycles. The Bertz CT molecular complexity index is 1090. The van der Waals surface area contributed by atoms with Crippen LogP contribution in [0.25, 0.3) is 22.0 Å². The molecule has 0 spiro atoms. The third-order valence-corrected chi connectivity index (χ3v) is 5.08. The standard InChI is InChI=1S/C17H19FN4O3/c1-3-22-12-5-13(21-6-8(2)11(19)7-21)10(18)4-9(12)15(23)14-16(24)20-25-17(14)22/h4-5,8,11H,3,6-7,19H2,1-2H3,(H,20,24). The fourth-order valence-corrected chi connectivity index (χ4v) is 3.63. The minimum atomic E-state index is -0.604. The predicted octanol–water partition coefficient (Wildman–Crippen LogP) is 1.38. The zero-order chi connectivity index (χ0) is 17.9. The van der Waals surface area contributed by atoms with Crippen LogP contribution >= 0.6 is 0 Å². The molecule has 2 aromatic heterocycles. The lowest BCUT2D eigenvalue weighted by atomic mass is 10.1. The Kier molecular flexibility index (Phi) is 3.47. The number of pyridine rings is 1. The van der Waals surface area contributed by atoms with Crippen molar-refractivity contribution < 1.29 is 8.91 Å². The number of aromatic amines is 1. The average molecular weight is 346 g/mol. The van der Waals surface area contributed by atoms with Gasteiger partial charge in [-0.15, -0.1) is 0 Å². The van der Waals surface area contributed by atoms with Crippen LogP contribution in [-0.4, -0.2) is 28.9 Å². The number of halogens is 1. The van der Waals surface area contributed by atoms with Crippen LogP contribution in [0.15, 0.2) is 26.2 Å². The molecule has 1 fully saturated rings. The number of nitrogens with two attached hydrogens (primary N) is 1. The monoisotopic (exact) mass is 346 g/mol. The first-order valence-corrected chi connectivity index (χ1v) is 8.30. The molecule has 1 aliphatic rings. The van der Waals surface area contributed by atoms with Gasteiger partial charge in [-0.1, -0.05) is 6.92 Å². The summed E-state index contributed by atoms with van der Waals surface area (Å²) in [6.07, 6.45) is 0. The highest BCUT2D eigenvalue weighted by Gasteiger charge is 2.29. The molecule has 1 aliphatic heterocycles. The molecule has 0 saturated carbocycles. The first-order chi connectivity index (χ1) is 11.9. The molecule has 2 unspecified atom stereocenters. The van der Waals surface area contributed by atoms with E-state index < -0.39 is 16.8 Å². The second-order valence-corrected chi connectivity index (χ2v) is 6.65. The fraction of sp³-hybridized carbons (Fsp3) is 0.412. The normalized spacial score (nSPS) is 20.9. The van der Waals surface area contributed by atoms with E-state index in [0.29, 0.717) is 30.8 Å². The maximum absolute atomic E-state index is 14.7. The molecular formula is C17H19FN4O3. The molecular weight excluding hydrogens is 327 g/mol. The maximum Gasteiger partial charge on any atom is 0.293 e. The summed E-state index contributed by atoms with van der Waals surface area (Å²) in [7, 11) is 0. The van der Waals surface area contributed by atoms with Gasteiger partial charge in [0.25, 0.3) is 5.56 Å². The lowest BCUT2D eigenvalue weighted by Crippen LogP contribution is -2.28. The molecule has 132 valence electrons. The van der Waals surface area contributed by atoms with Gasteiger partial charge in [-0.25, -0.2) is 4.39 Å². The van der Waals surface area contributed by atoms with Crippen LogP contribution in [-0.2, 0) is 6.54 Å². The van der Waals surface area contributed by atoms with Crippen LogP contribution in [0.1, 0.15) is 13.8 Å². The van der Waals surface area contributed by atoms with Gasteiger partial charge in [0, 0.05) is 31.1 Å². The van der Waals surface area contributed by atoms with E-state index in [1.165, 1.54) is 6.07 Å². The summed E-state index contributed by atoms with van der Waals surface area (Å²) >= 11 is 0. The quantitative estimate of drug-likeness (QED) is 0.731. The Labute approximate surface area is 141 Å². The molecule has 1 saturated heterocycles. The van der Waals surface area contributed by atoms with Crippen LogP contribution < -0.4 is 21.6 Å². The van der Waals surface area contributed by atoms with Crippen LogP contribution in [0.4, 0.5) is 10.1 Å². The van der Waals surface area contributed by atoms with E-state index in [0.717, 1.165) is 0 Å². The van der Waals surface area contributed by atoms with Crippen molar-refractivity contribution in [2.24, 2.45) is 11.7 Å². The highest BCUT2D eigenvalue weighted by molar-refractivity contribution is 5.92. The van der Waals surface area contributed by atoms with Gasteiger partial charge in [0.05, 0.1) is 11.2 Å². The van der Waals surface area contributed by atoms with Crippen molar-refractivity contribution >= 4 is 27.7 Å². The number of nitrogens with one attached hydrogen (secondary N) is 1. The van der Waals surface area contributed by atoms with E-state index in [-0.39, 0.29) is 28.4 Å². The first-order valence-electron chi connectivity index (χ1n) is 8.30. The summed E-state index contributed by atoms with van der Waals surface area (Å²) in [5.41, 5.74) is 6.04. The molecule has 3 heterocycles. The minimum absolute atomic E-state index is 0.0198. The largest absolute Gasteiger partial charge is 0.367 e. The van der Waals surface area contributed by atoms with Crippen LogP contribution in [0, 0.1) is 11.7 Å². The summed E-state index contributed by atoms with van der Waals surface area (Å²) in [5, 5.41) is 2.27. The van der Waals surface area contributed by atoms with E-state index in [4.69, 9.17) is 10.3 Å². The lowest BCUT2D eigenvalue weighted by Gasteiger charge is -2.20. The van der Waals surface area contributed by atoms with Gasteiger partial charge in [-0.2, -0.15) is 5.16 Å². The molecule has 7 nitrogen and oxygen atoms in total. The van der Waals surface area contributed by atoms with Gasteiger partial charge < -0.3 is 19.7 Å². The van der Waals surface area contributed by atoms with Gasteiger partial charge in [-0.05, 0) is 25.0 Å². The number of nitrogens with zero attached hydrogens (tertiary/aromatic N) is 2. The molecule has 3 N–H and O–H groups in total. The third-order valence-electron chi connectivity index (χ3n) is 5.08. The maximum atomic E-state index is 14.7. The number of aryl methyl sites for hydroxylation is 1. The Morgan fingerprint density at radius 3 is 2.76 bits per heavy atom. The van der Waals surface area contributed by atoms with Gasteiger partial charge in [0.15, 0.2) is 5.39 Å². The van der Waals surface area contributed by atoms with Gasteiger partial charge >= 0.3 is 0 Å². The number of aromatic nitrogens is 2. The molecule has 0 aliphatic carbocycles. The minimum Gasteiger partial charge on any atom is -0.367 e. The number of benzene rings is 1. The summed E-state index contributed by atoms with van der Waals surface area (Å²) in [4.78, 5) is 26.4. The van der Waals surface area contributed by atoms with Crippen molar-refractivity contribution in [1.82, 2.24) is 9.72 Å². The molecule has 0 amide bonds. The summed E-state index contributed by atoms with van der Waals surface area (Å²) in [6.45, 7) is 5.58. The van der Waals surface area contributed by atoms with E-state index >= 15 is 0 Å². The van der Waals surface area contributed by atoms with E-state index in [1.807, 2.05) is 18.7 Å². The Hall–Kier alpha value is -2.61. The molecule has 8 heteroatoms. The Morgan fingerprint density at radius 1 is 1.36 bits per heavy atom. The molecule has 2 atom stereocenters. The molecule has 4 rings (SSSR count). The number of fused-ring (bicyclic) bond motifs is 2. The topological polar surface area (TPSA) is 97.3 Å². The van der Waals surface area contributed by atoms with Gasteiger partial charge in [0.2, 0.25) is 11.1 Å². The van der Waals surface area contributed by atoms with E-state index in [1.54, 1.807) is 10.6 Å². The van der Waals surface area contributed by atoms with Crippen molar-refractivity contribution in [3.05, 3.63) is 38.5 Å². The molecule has 0 radical (unpaired) electrons. The van der Waals surface area contributed by atoms with Gasteiger partial charge in [-0.3, -0.25) is 9.59 Å². The van der Waals surface area contributed by atoms with E-state index in [2.05, 4.69) is 5.16 Å². The average Bonchev–Trinajstić information content (AvgIpc) is 3.11. The SMILES string of the molecule is CCn1c2cc(N3CC(C)C(N)C3)c(F)cc2c(=O)c2c(=O)[nH]oc21. The predicted molar refractivity (Wildman–Crippen MR) is 93.6 cm³/mol. The number of rotatable bonds is 2. The number of hydrogen-bond donors (Lipinski definition) is 2. The summed E-state index contributed by atoms with van der Waals surface area (Å²) < 4.78 is 21.6. The fourth-order valence-electron chi connectivity index (χ4n) is 3.63. The smallest absolute Gasteiger partial charge is 0.293 e. The Morgan fingerprint density at radius 2 is 2.12 bits per heavy atom. The Balaban J connectivity index is 2.04. The number of anilines is 1. The van der Waals surface area contributed by atoms with Crippen molar-refractivity contribution in [3.63, 3.8) is 0 Å². The molecule has 0 bridgehead atoms. The highest BCUT2D eigenvalue weighted by Crippen LogP contribution is 2.30. The van der Waals surface area contributed by atoms with E-state index in [9.17, 15) is 14.0 Å². The van der Waals surface area contributed by atoms with Crippen LogP contribution in [0.3, 0.4) is 0 Å². The second-order valence-electron chi connectivity index (χ2n) is 6.65.